The van der Waals surface area contributed by atoms with Gasteiger partial charge in [0.2, 0.25) is 6.79 Å². The normalized spacial score (nSPS) is 17.9. The van der Waals surface area contributed by atoms with Gasteiger partial charge < -0.3 is 19.7 Å². The van der Waals surface area contributed by atoms with Crippen molar-refractivity contribution < 1.29 is 14.3 Å². The van der Waals surface area contributed by atoms with Crippen LogP contribution in [0.4, 0.5) is 0 Å². The van der Waals surface area contributed by atoms with Crippen molar-refractivity contribution in [2.45, 2.75) is 6.92 Å². The molecule has 5 heteroatoms. The van der Waals surface area contributed by atoms with Crippen LogP contribution >= 0.6 is 0 Å². The number of fused-ring (bicyclic) bond motifs is 1. The minimum atomic E-state index is 0.0762. The monoisotopic (exact) mass is 248 g/mol. The van der Waals surface area contributed by atoms with Gasteiger partial charge in [0.1, 0.15) is 0 Å². The van der Waals surface area contributed by atoms with Gasteiger partial charge in [0.05, 0.1) is 0 Å². The molecule has 2 heterocycles. The van der Waals surface area contributed by atoms with Crippen LogP contribution in [0, 0.1) is 6.92 Å². The molecule has 1 aromatic carbocycles. The second-order valence-corrected chi connectivity index (χ2v) is 4.56. The Hall–Kier alpha value is -1.75. The largest absolute Gasteiger partial charge is 0.454 e. The van der Waals surface area contributed by atoms with Gasteiger partial charge in [-0.25, -0.2) is 0 Å². The Balaban J connectivity index is 1.89. The van der Waals surface area contributed by atoms with Crippen LogP contribution in [0.5, 0.6) is 11.5 Å². The molecule has 0 spiro atoms. The number of benzene rings is 1. The third kappa shape index (κ3) is 1.90. The van der Waals surface area contributed by atoms with E-state index in [2.05, 4.69) is 5.32 Å². The molecule has 96 valence electrons. The average molecular weight is 248 g/mol. The fourth-order valence-electron chi connectivity index (χ4n) is 2.31. The predicted molar refractivity (Wildman–Crippen MR) is 66.1 cm³/mol. The summed E-state index contributed by atoms with van der Waals surface area (Å²) in [6.45, 7) is 5.39. The molecule has 1 fully saturated rings. The fraction of sp³-hybridized carbons (Fsp3) is 0.462. The standard InChI is InChI=1S/C13H16N2O3/c1-9-6-11-12(18-8-17-11)7-10(9)13(16)15-4-2-14-3-5-15/h6-7,14H,2-5,8H2,1H3. The predicted octanol–water partition coefficient (Wildman–Crippen LogP) is 0.769. The lowest BCUT2D eigenvalue weighted by Crippen LogP contribution is -2.46. The van der Waals surface area contributed by atoms with Gasteiger partial charge in [-0.1, -0.05) is 0 Å². The maximum atomic E-state index is 12.4. The van der Waals surface area contributed by atoms with Crippen molar-refractivity contribution in [2.24, 2.45) is 0 Å². The fourth-order valence-corrected chi connectivity index (χ4v) is 2.31. The van der Waals surface area contributed by atoms with Gasteiger partial charge in [-0.05, 0) is 24.6 Å². The maximum absolute atomic E-state index is 12.4. The number of nitrogens with zero attached hydrogens (tertiary/aromatic N) is 1. The third-order valence-corrected chi connectivity index (χ3v) is 3.35. The molecular formula is C13H16N2O3. The Labute approximate surface area is 106 Å². The smallest absolute Gasteiger partial charge is 0.254 e. The Kier molecular flexibility index (Phi) is 2.83. The lowest BCUT2D eigenvalue weighted by Gasteiger charge is -2.28. The number of nitrogens with one attached hydrogen (secondary N) is 1. The highest BCUT2D eigenvalue weighted by Gasteiger charge is 2.23. The summed E-state index contributed by atoms with van der Waals surface area (Å²) in [7, 11) is 0. The molecule has 1 amide bonds. The topological polar surface area (TPSA) is 50.8 Å². The van der Waals surface area contributed by atoms with Crippen LogP contribution in [0.25, 0.3) is 0 Å². The number of hydrogen-bond acceptors (Lipinski definition) is 4. The minimum Gasteiger partial charge on any atom is -0.454 e. The van der Waals surface area contributed by atoms with Crippen LogP contribution in [0.15, 0.2) is 12.1 Å². The summed E-state index contributed by atoms with van der Waals surface area (Å²) in [4.78, 5) is 14.3. The molecule has 0 saturated carbocycles. The summed E-state index contributed by atoms with van der Waals surface area (Å²) < 4.78 is 10.6. The van der Waals surface area contributed by atoms with E-state index in [1.807, 2.05) is 17.9 Å². The van der Waals surface area contributed by atoms with Crippen LogP contribution in [0.1, 0.15) is 15.9 Å². The van der Waals surface area contributed by atoms with Gasteiger partial charge >= 0.3 is 0 Å². The lowest BCUT2D eigenvalue weighted by atomic mass is 10.1. The SMILES string of the molecule is Cc1cc2c(cc1C(=O)N1CCNCC1)OCO2. The van der Waals surface area contributed by atoms with Crippen molar-refractivity contribution >= 4 is 5.91 Å². The van der Waals surface area contributed by atoms with Gasteiger partial charge in [-0.3, -0.25) is 4.79 Å². The van der Waals surface area contributed by atoms with E-state index in [0.29, 0.717) is 11.3 Å². The molecule has 1 saturated heterocycles. The van der Waals surface area contributed by atoms with Crippen LogP contribution < -0.4 is 14.8 Å². The highest BCUT2D eigenvalue weighted by Crippen LogP contribution is 2.34. The van der Waals surface area contributed by atoms with E-state index >= 15 is 0 Å². The number of amides is 1. The zero-order chi connectivity index (χ0) is 12.5. The van der Waals surface area contributed by atoms with E-state index in [1.54, 1.807) is 6.07 Å². The van der Waals surface area contributed by atoms with E-state index in [1.165, 1.54) is 0 Å². The molecule has 18 heavy (non-hydrogen) atoms. The number of carbonyl (C=O) groups excluding carboxylic acids is 1. The van der Waals surface area contributed by atoms with Crippen LogP contribution in [-0.4, -0.2) is 43.8 Å². The van der Waals surface area contributed by atoms with Gasteiger partial charge in [-0.15, -0.1) is 0 Å². The van der Waals surface area contributed by atoms with Gasteiger partial charge in [0.25, 0.3) is 5.91 Å². The summed E-state index contributed by atoms with van der Waals surface area (Å²) in [6, 6.07) is 3.67. The van der Waals surface area contributed by atoms with E-state index in [-0.39, 0.29) is 12.7 Å². The Morgan fingerprint density at radius 1 is 1.22 bits per heavy atom. The van der Waals surface area contributed by atoms with Gasteiger partial charge in [0, 0.05) is 31.7 Å². The summed E-state index contributed by atoms with van der Waals surface area (Å²) >= 11 is 0. The molecule has 0 bridgehead atoms. The number of hydrogen-bond donors (Lipinski definition) is 1. The lowest BCUT2D eigenvalue weighted by molar-refractivity contribution is 0.0734. The summed E-state index contributed by atoms with van der Waals surface area (Å²) in [6.07, 6.45) is 0. The number of ether oxygens (including phenoxy) is 2. The Morgan fingerprint density at radius 2 is 1.89 bits per heavy atom. The van der Waals surface area contributed by atoms with E-state index < -0.39 is 0 Å². The molecule has 0 radical (unpaired) electrons. The highest BCUT2D eigenvalue weighted by atomic mass is 16.7. The van der Waals surface area contributed by atoms with Crippen LogP contribution in [-0.2, 0) is 0 Å². The van der Waals surface area contributed by atoms with Crippen molar-refractivity contribution in [1.82, 2.24) is 10.2 Å². The molecule has 2 aliphatic rings. The zero-order valence-electron chi connectivity index (χ0n) is 10.4. The van der Waals surface area contributed by atoms with Crippen molar-refractivity contribution in [1.29, 1.82) is 0 Å². The first-order valence-electron chi connectivity index (χ1n) is 6.16. The summed E-state index contributed by atoms with van der Waals surface area (Å²) in [5.74, 6) is 1.47. The molecule has 2 aliphatic heterocycles. The molecule has 0 aromatic heterocycles. The molecule has 1 N–H and O–H groups in total. The molecule has 0 atom stereocenters. The second-order valence-electron chi connectivity index (χ2n) is 4.56. The number of piperazine rings is 1. The molecule has 0 aliphatic carbocycles. The first kappa shape index (κ1) is 11.3. The highest BCUT2D eigenvalue weighted by molar-refractivity contribution is 5.96. The van der Waals surface area contributed by atoms with Crippen molar-refractivity contribution in [3.8, 4) is 11.5 Å². The summed E-state index contributed by atoms with van der Waals surface area (Å²) in [5.41, 5.74) is 1.64. The first-order valence-corrected chi connectivity index (χ1v) is 6.16. The second kappa shape index (κ2) is 4.49. The summed E-state index contributed by atoms with van der Waals surface area (Å²) in [5, 5.41) is 3.24. The van der Waals surface area contributed by atoms with Crippen molar-refractivity contribution in [3.05, 3.63) is 23.3 Å². The Bertz CT molecular complexity index is 481. The number of carbonyl (C=O) groups is 1. The Morgan fingerprint density at radius 3 is 2.61 bits per heavy atom. The van der Waals surface area contributed by atoms with Crippen molar-refractivity contribution in [3.63, 3.8) is 0 Å². The molecule has 0 unspecified atom stereocenters. The molecular weight excluding hydrogens is 232 g/mol. The molecule has 1 aromatic rings. The van der Waals surface area contributed by atoms with Crippen LogP contribution in [0.2, 0.25) is 0 Å². The molecule has 5 nitrogen and oxygen atoms in total. The number of rotatable bonds is 1. The number of aryl methyl sites for hydroxylation is 1. The third-order valence-electron chi connectivity index (χ3n) is 3.35. The van der Waals surface area contributed by atoms with Gasteiger partial charge in [0.15, 0.2) is 11.5 Å². The minimum absolute atomic E-state index is 0.0762. The van der Waals surface area contributed by atoms with Crippen molar-refractivity contribution in [2.75, 3.05) is 33.0 Å². The zero-order valence-corrected chi connectivity index (χ0v) is 10.4. The molecule has 3 rings (SSSR count). The maximum Gasteiger partial charge on any atom is 0.254 e. The van der Waals surface area contributed by atoms with Gasteiger partial charge in [-0.2, -0.15) is 0 Å². The van der Waals surface area contributed by atoms with Crippen LogP contribution in [0.3, 0.4) is 0 Å². The van der Waals surface area contributed by atoms with E-state index in [0.717, 1.165) is 37.5 Å². The van der Waals surface area contributed by atoms with E-state index in [4.69, 9.17) is 9.47 Å². The van der Waals surface area contributed by atoms with E-state index in [9.17, 15) is 4.79 Å². The quantitative estimate of drug-likeness (QED) is 0.797. The average Bonchev–Trinajstić information content (AvgIpc) is 2.85. The first-order chi connectivity index (χ1) is 8.75.